The highest BCUT2D eigenvalue weighted by Gasteiger charge is 2.35. The number of piperidine rings is 1. The third kappa shape index (κ3) is 3.47. The van der Waals surface area contributed by atoms with E-state index in [0.29, 0.717) is 18.7 Å². The Labute approximate surface area is 131 Å². The van der Waals surface area contributed by atoms with Crippen molar-refractivity contribution >= 4 is 5.91 Å². The van der Waals surface area contributed by atoms with Gasteiger partial charge in [0.15, 0.2) is 0 Å². The molecule has 1 atom stereocenters. The van der Waals surface area contributed by atoms with E-state index < -0.39 is 6.04 Å². The first-order valence-electron chi connectivity index (χ1n) is 7.68. The molecule has 5 heteroatoms. The van der Waals surface area contributed by atoms with Crippen molar-refractivity contribution in [3.8, 4) is 0 Å². The maximum Gasteiger partial charge on any atom is 0.244 e. The molecule has 0 bridgehead atoms. The summed E-state index contributed by atoms with van der Waals surface area (Å²) in [4.78, 5) is 16.4. The van der Waals surface area contributed by atoms with Crippen LogP contribution in [0.3, 0.4) is 0 Å². The van der Waals surface area contributed by atoms with Gasteiger partial charge in [-0.15, -0.1) is 0 Å². The summed E-state index contributed by atoms with van der Waals surface area (Å²) in [5.41, 5.74) is 0.301. The molecular weight excluding hydrogens is 283 g/mol. The molecule has 1 heterocycles. The van der Waals surface area contributed by atoms with E-state index in [2.05, 4.69) is 0 Å². The van der Waals surface area contributed by atoms with Crippen LogP contribution in [0.1, 0.15) is 31.4 Å². The van der Waals surface area contributed by atoms with E-state index in [0.717, 1.165) is 12.8 Å². The molecule has 2 rings (SSSR count). The first kappa shape index (κ1) is 16.9. The smallest absolute Gasteiger partial charge is 0.244 e. The van der Waals surface area contributed by atoms with Crippen molar-refractivity contribution in [2.75, 3.05) is 33.8 Å². The summed E-state index contributed by atoms with van der Waals surface area (Å²) < 4.78 is 14.1. The predicted octanol–water partition coefficient (Wildman–Crippen LogP) is 2.05. The van der Waals surface area contributed by atoms with Gasteiger partial charge >= 0.3 is 0 Å². The van der Waals surface area contributed by atoms with Crippen LogP contribution in [-0.2, 0) is 4.79 Å². The Balaban J connectivity index is 2.17. The highest BCUT2D eigenvalue weighted by molar-refractivity contribution is 5.83. The van der Waals surface area contributed by atoms with Gasteiger partial charge in [-0.2, -0.15) is 0 Å². The third-order valence-electron chi connectivity index (χ3n) is 4.61. The second kappa shape index (κ2) is 6.75. The summed E-state index contributed by atoms with van der Waals surface area (Å²) in [5.74, 6) is -0.429. The van der Waals surface area contributed by atoms with E-state index in [1.165, 1.54) is 6.07 Å². The van der Waals surface area contributed by atoms with Gasteiger partial charge < -0.3 is 10.0 Å². The quantitative estimate of drug-likeness (QED) is 0.926. The molecule has 1 amide bonds. The number of hydrogen-bond donors (Lipinski definition) is 1. The summed E-state index contributed by atoms with van der Waals surface area (Å²) >= 11 is 0. The van der Waals surface area contributed by atoms with Crippen molar-refractivity contribution in [2.24, 2.45) is 5.41 Å². The monoisotopic (exact) mass is 308 g/mol. The van der Waals surface area contributed by atoms with E-state index in [1.807, 2.05) is 6.92 Å². The van der Waals surface area contributed by atoms with Crippen LogP contribution in [0.2, 0.25) is 0 Å². The Morgan fingerprint density at radius 3 is 2.45 bits per heavy atom. The number of hydrogen-bond acceptors (Lipinski definition) is 3. The second-order valence-electron chi connectivity index (χ2n) is 6.68. The number of carbonyl (C=O) groups is 1. The lowest BCUT2D eigenvalue weighted by Gasteiger charge is -2.40. The number of aliphatic hydroxyl groups is 1. The Kier molecular flexibility index (Phi) is 5.19. The molecule has 1 saturated heterocycles. The second-order valence-corrected chi connectivity index (χ2v) is 6.68. The molecule has 1 aromatic carbocycles. The predicted molar refractivity (Wildman–Crippen MR) is 83.8 cm³/mol. The average molecular weight is 308 g/mol. The fourth-order valence-corrected chi connectivity index (χ4v) is 2.93. The van der Waals surface area contributed by atoms with Gasteiger partial charge in [-0.3, -0.25) is 9.69 Å². The van der Waals surface area contributed by atoms with Crippen molar-refractivity contribution in [1.29, 1.82) is 0 Å². The first-order valence-corrected chi connectivity index (χ1v) is 7.68. The fourth-order valence-electron chi connectivity index (χ4n) is 2.93. The van der Waals surface area contributed by atoms with Crippen LogP contribution in [0, 0.1) is 11.2 Å². The maximum absolute atomic E-state index is 14.1. The molecule has 0 unspecified atom stereocenters. The van der Waals surface area contributed by atoms with Crippen molar-refractivity contribution in [3.63, 3.8) is 0 Å². The Morgan fingerprint density at radius 2 is 1.95 bits per heavy atom. The molecule has 1 aliphatic rings. The Hall–Kier alpha value is -1.46. The standard InChI is InChI=1S/C17H25FN2O2/c1-17(12-21)8-10-20(11-9-17)16(22)15(19(2)3)13-6-4-5-7-14(13)18/h4-7,15,21H,8-12H2,1-3H3/t15-/m1/s1. The molecule has 0 saturated carbocycles. The topological polar surface area (TPSA) is 43.8 Å². The van der Waals surface area contributed by atoms with Gasteiger partial charge in [0.2, 0.25) is 5.91 Å². The zero-order valence-electron chi connectivity index (χ0n) is 13.6. The van der Waals surface area contributed by atoms with E-state index in [1.54, 1.807) is 42.1 Å². The lowest BCUT2D eigenvalue weighted by Crippen LogP contribution is -2.47. The van der Waals surface area contributed by atoms with Crippen LogP contribution < -0.4 is 0 Å². The number of aliphatic hydroxyl groups excluding tert-OH is 1. The van der Waals surface area contributed by atoms with Gasteiger partial charge in [0.1, 0.15) is 11.9 Å². The number of benzene rings is 1. The number of amides is 1. The van der Waals surface area contributed by atoms with Crippen molar-refractivity contribution < 1.29 is 14.3 Å². The van der Waals surface area contributed by atoms with Crippen molar-refractivity contribution in [3.05, 3.63) is 35.6 Å². The van der Waals surface area contributed by atoms with E-state index in [4.69, 9.17) is 0 Å². The van der Waals surface area contributed by atoms with Crippen molar-refractivity contribution in [1.82, 2.24) is 9.80 Å². The number of likely N-dealkylation sites (N-methyl/N-ethyl adjacent to an activating group) is 1. The fraction of sp³-hybridized carbons (Fsp3) is 0.588. The van der Waals surface area contributed by atoms with Crippen LogP contribution in [0.5, 0.6) is 0 Å². The number of rotatable bonds is 4. The maximum atomic E-state index is 14.1. The van der Waals surface area contributed by atoms with Gasteiger partial charge in [0.05, 0.1) is 0 Å². The number of carbonyl (C=O) groups excluding carboxylic acids is 1. The molecule has 1 aromatic rings. The minimum absolute atomic E-state index is 0.0740. The van der Waals surface area contributed by atoms with E-state index >= 15 is 0 Å². The molecule has 1 N–H and O–H groups in total. The van der Waals surface area contributed by atoms with Gasteiger partial charge in [-0.25, -0.2) is 4.39 Å². The van der Waals surface area contributed by atoms with Gasteiger partial charge in [0.25, 0.3) is 0 Å². The number of nitrogens with zero attached hydrogens (tertiary/aromatic N) is 2. The number of halogens is 1. The molecule has 4 nitrogen and oxygen atoms in total. The van der Waals surface area contributed by atoms with Crippen LogP contribution in [0.15, 0.2) is 24.3 Å². The molecule has 22 heavy (non-hydrogen) atoms. The van der Waals surface area contributed by atoms with Gasteiger partial charge in [-0.1, -0.05) is 25.1 Å². The minimum atomic E-state index is -0.611. The molecule has 0 spiro atoms. The SMILES string of the molecule is CN(C)[C@@H](C(=O)N1CCC(C)(CO)CC1)c1ccccc1F. The van der Waals surface area contributed by atoms with Gasteiger partial charge in [0, 0.05) is 25.3 Å². The highest BCUT2D eigenvalue weighted by atomic mass is 19.1. The minimum Gasteiger partial charge on any atom is -0.396 e. The van der Waals surface area contributed by atoms with Crippen LogP contribution in [0.4, 0.5) is 4.39 Å². The molecule has 0 aliphatic carbocycles. The average Bonchev–Trinajstić information content (AvgIpc) is 2.50. The third-order valence-corrected chi connectivity index (χ3v) is 4.61. The normalized spacial score (nSPS) is 19.3. The summed E-state index contributed by atoms with van der Waals surface area (Å²) in [6, 6.07) is 5.82. The van der Waals surface area contributed by atoms with Gasteiger partial charge in [-0.05, 0) is 38.4 Å². The first-order chi connectivity index (χ1) is 10.4. The largest absolute Gasteiger partial charge is 0.396 e. The lowest BCUT2D eigenvalue weighted by molar-refractivity contribution is -0.139. The van der Waals surface area contributed by atoms with Crippen molar-refractivity contribution in [2.45, 2.75) is 25.8 Å². The lowest BCUT2D eigenvalue weighted by atomic mass is 9.81. The summed E-state index contributed by atoms with van der Waals surface area (Å²) in [7, 11) is 3.58. The summed E-state index contributed by atoms with van der Waals surface area (Å²) in [6.07, 6.45) is 1.54. The summed E-state index contributed by atoms with van der Waals surface area (Å²) in [5, 5.41) is 9.43. The van der Waals surface area contributed by atoms with E-state index in [-0.39, 0.29) is 23.7 Å². The number of likely N-dealkylation sites (tertiary alicyclic amines) is 1. The molecule has 1 aliphatic heterocycles. The zero-order valence-corrected chi connectivity index (χ0v) is 13.6. The Bertz CT molecular complexity index is 525. The molecule has 0 aromatic heterocycles. The Morgan fingerprint density at radius 1 is 1.36 bits per heavy atom. The van der Waals surface area contributed by atoms with Crippen LogP contribution in [-0.4, -0.2) is 54.6 Å². The highest BCUT2D eigenvalue weighted by Crippen LogP contribution is 2.32. The molecule has 122 valence electrons. The van der Waals surface area contributed by atoms with E-state index in [9.17, 15) is 14.3 Å². The summed E-state index contributed by atoms with van der Waals surface area (Å²) in [6.45, 7) is 3.39. The molecular formula is C17H25FN2O2. The molecule has 0 radical (unpaired) electrons. The molecule has 1 fully saturated rings. The van der Waals surface area contributed by atoms with Crippen LogP contribution >= 0.6 is 0 Å². The van der Waals surface area contributed by atoms with Crippen LogP contribution in [0.25, 0.3) is 0 Å². The zero-order chi connectivity index (χ0) is 16.3.